The molecule has 90 valence electrons. The Morgan fingerprint density at radius 3 is 2.38 bits per heavy atom. The van der Waals surface area contributed by atoms with Gasteiger partial charge < -0.3 is 14.8 Å². The maximum atomic E-state index is 5.64. The van der Waals surface area contributed by atoms with Crippen LogP contribution in [0.5, 0.6) is 11.5 Å². The summed E-state index contributed by atoms with van der Waals surface area (Å²) in [6.45, 7) is 4.01. The summed E-state index contributed by atoms with van der Waals surface area (Å²) in [6, 6.07) is 7.68. The summed E-state index contributed by atoms with van der Waals surface area (Å²) in [6.07, 6.45) is 1.06. The molecule has 0 heterocycles. The molecule has 0 saturated heterocycles. The zero-order valence-electron chi connectivity index (χ0n) is 10.3. The van der Waals surface area contributed by atoms with Crippen molar-refractivity contribution in [3.63, 3.8) is 0 Å². The number of nitrogens with one attached hydrogen (secondary N) is 1. The molecule has 3 heteroatoms. The van der Waals surface area contributed by atoms with E-state index in [-0.39, 0.29) is 0 Å². The summed E-state index contributed by atoms with van der Waals surface area (Å²) in [5.41, 5.74) is 0. The first kappa shape index (κ1) is 12.8. The van der Waals surface area contributed by atoms with E-state index >= 15 is 0 Å². The Morgan fingerprint density at radius 1 is 1.19 bits per heavy atom. The molecule has 1 N–H and O–H groups in total. The van der Waals surface area contributed by atoms with Crippen molar-refractivity contribution in [2.24, 2.45) is 5.92 Å². The van der Waals surface area contributed by atoms with Gasteiger partial charge in [0.15, 0.2) is 0 Å². The second-order valence-electron chi connectivity index (χ2n) is 3.98. The van der Waals surface area contributed by atoms with Crippen LogP contribution in [0.2, 0.25) is 0 Å². The van der Waals surface area contributed by atoms with E-state index in [1.165, 1.54) is 0 Å². The summed E-state index contributed by atoms with van der Waals surface area (Å²) in [5, 5.41) is 3.16. The monoisotopic (exact) mass is 223 g/mol. The van der Waals surface area contributed by atoms with Gasteiger partial charge in [-0.3, -0.25) is 0 Å². The molecular formula is C13H21NO2. The van der Waals surface area contributed by atoms with Gasteiger partial charge in [-0.15, -0.1) is 0 Å². The second-order valence-corrected chi connectivity index (χ2v) is 3.98. The van der Waals surface area contributed by atoms with Gasteiger partial charge in [0.1, 0.15) is 11.5 Å². The summed E-state index contributed by atoms with van der Waals surface area (Å²) in [5.74, 6) is 2.40. The van der Waals surface area contributed by atoms with Gasteiger partial charge in [0.25, 0.3) is 0 Å². The Kier molecular flexibility index (Phi) is 5.72. The fraction of sp³-hybridized carbons (Fsp3) is 0.538. The van der Waals surface area contributed by atoms with Crippen LogP contribution < -0.4 is 14.8 Å². The molecule has 1 aromatic carbocycles. The Hall–Kier alpha value is -1.22. The third-order valence-corrected chi connectivity index (χ3v) is 2.49. The Labute approximate surface area is 97.8 Å². The highest BCUT2D eigenvalue weighted by Crippen LogP contribution is 2.17. The van der Waals surface area contributed by atoms with Crippen LogP contribution in [0.3, 0.4) is 0 Å². The average molecular weight is 223 g/mol. The lowest BCUT2D eigenvalue weighted by Gasteiger charge is -2.11. The lowest BCUT2D eigenvalue weighted by molar-refractivity contribution is 0.282. The van der Waals surface area contributed by atoms with Crippen molar-refractivity contribution in [1.82, 2.24) is 5.32 Å². The summed E-state index contributed by atoms with van der Waals surface area (Å²) in [7, 11) is 3.64. The predicted molar refractivity (Wildman–Crippen MR) is 66.2 cm³/mol. The number of rotatable bonds is 7. The molecule has 1 atom stereocenters. The molecule has 0 spiro atoms. The number of benzene rings is 1. The largest absolute Gasteiger partial charge is 0.497 e. The average Bonchev–Trinajstić information content (AvgIpc) is 2.30. The minimum atomic E-state index is 0.642. The number of ether oxygens (including phenoxy) is 2. The molecule has 0 bridgehead atoms. The number of hydrogen-bond donors (Lipinski definition) is 1. The molecule has 3 nitrogen and oxygen atoms in total. The molecule has 0 aliphatic heterocycles. The van der Waals surface area contributed by atoms with Crippen LogP contribution in [0.15, 0.2) is 24.3 Å². The van der Waals surface area contributed by atoms with Crippen LogP contribution in [-0.2, 0) is 0 Å². The van der Waals surface area contributed by atoms with E-state index in [2.05, 4.69) is 12.2 Å². The third kappa shape index (κ3) is 4.53. The highest BCUT2D eigenvalue weighted by molar-refractivity contribution is 5.31. The standard InChI is InChI=1S/C13H21NO2/c1-11(10-14-2)8-9-16-13-6-4-12(15-3)5-7-13/h4-7,11,14H,8-10H2,1-3H3. The molecule has 0 saturated carbocycles. The maximum Gasteiger partial charge on any atom is 0.119 e. The van der Waals surface area contributed by atoms with Crippen molar-refractivity contribution >= 4 is 0 Å². The van der Waals surface area contributed by atoms with Gasteiger partial charge in [-0.05, 0) is 50.2 Å². The van der Waals surface area contributed by atoms with Crippen molar-refractivity contribution < 1.29 is 9.47 Å². The molecule has 0 aliphatic carbocycles. The quantitative estimate of drug-likeness (QED) is 0.769. The molecule has 0 aliphatic rings. The minimum Gasteiger partial charge on any atom is -0.497 e. The fourth-order valence-corrected chi connectivity index (χ4v) is 1.50. The van der Waals surface area contributed by atoms with Gasteiger partial charge in [-0.1, -0.05) is 6.92 Å². The molecule has 0 fully saturated rings. The van der Waals surface area contributed by atoms with Crippen molar-refractivity contribution in [1.29, 1.82) is 0 Å². The topological polar surface area (TPSA) is 30.5 Å². The molecule has 1 rings (SSSR count). The lowest BCUT2D eigenvalue weighted by atomic mass is 10.1. The van der Waals surface area contributed by atoms with E-state index in [4.69, 9.17) is 9.47 Å². The molecule has 0 amide bonds. The normalized spacial score (nSPS) is 12.2. The van der Waals surface area contributed by atoms with E-state index in [1.54, 1.807) is 7.11 Å². The van der Waals surface area contributed by atoms with Gasteiger partial charge in [-0.25, -0.2) is 0 Å². The van der Waals surface area contributed by atoms with Crippen molar-refractivity contribution in [3.05, 3.63) is 24.3 Å². The second kappa shape index (κ2) is 7.12. The fourth-order valence-electron chi connectivity index (χ4n) is 1.50. The highest BCUT2D eigenvalue weighted by Gasteiger charge is 2.01. The van der Waals surface area contributed by atoms with Gasteiger partial charge in [0.2, 0.25) is 0 Å². The van der Waals surface area contributed by atoms with Gasteiger partial charge >= 0.3 is 0 Å². The Balaban J connectivity index is 2.26. The van der Waals surface area contributed by atoms with Gasteiger partial charge in [-0.2, -0.15) is 0 Å². The zero-order chi connectivity index (χ0) is 11.8. The summed E-state index contributed by atoms with van der Waals surface area (Å²) >= 11 is 0. The SMILES string of the molecule is CNCC(C)CCOc1ccc(OC)cc1. The van der Waals surface area contributed by atoms with Crippen LogP contribution in [-0.4, -0.2) is 27.3 Å². The Morgan fingerprint density at radius 2 is 1.81 bits per heavy atom. The molecule has 0 radical (unpaired) electrons. The number of methoxy groups -OCH3 is 1. The molecule has 16 heavy (non-hydrogen) atoms. The first-order chi connectivity index (χ1) is 7.76. The minimum absolute atomic E-state index is 0.642. The maximum absolute atomic E-state index is 5.64. The lowest BCUT2D eigenvalue weighted by Crippen LogP contribution is -2.18. The first-order valence-electron chi connectivity index (χ1n) is 5.67. The highest BCUT2D eigenvalue weighted by atomic mass is 16.5. The molecular weight excluding hydrogens is 202 g/mol. The zero-order valence-corrected chi connectivity index (χ0v) is 10.3. The van der Waals surface area contributed by atoms with E-state index in [0.29, 0.717) is 5.92 Å². The molecule has 0 aromatic heterocycles. The van der Waals surface area contributed by atoms with Crippen LogP contribution in [0, 0.1) is 5.92 Å². The summed E-state index contributed by atoms with van der Waals surface area (Å²) < 4.78 is 10.7. The van der Waals surface area contributed by atoms with Crippen molar-refractivity contribution in [2.75, 3.05) is 27.3 Å². The number of hydrogen-bond acceptors (Lipinski definition) is 3. The van der Waals surface area contributed by atoms with Gasteiger partial charge in [0.05, 0.1) is 13.7 Å². The van der Waals surface area contributed by atoms with E-state index in [0.717, 1.165) is 31.1 Å². The Bertz CT molecular complexity index is 284. The van der Waals surface area contributed by atoms with E-state index in [9.17, 15) is 0 Å². The van der Waals surface area contributed by atoms with Crippen molar-refractivity contribution in [3.8, 4) is 11.5 Å². The molecule has 1 aromatic rings. The summed E-state index contributed by atoms with van der Waals surface area (Å²) in [4.78, 5) is 0. The predicted octanol–water partition coefficient (Wildman–Crippen LogP) is 2.32. The van der Waals surface area contributed by atoms with Crippen LogP contribution >= 0.6 is 0 Å². The van der Waals surface area contributed by atoms with E-state index in [1.807, 2.05) is 31.3 Å². The first-order valence-corrected chi connectivity index (χ1v) is 5.67. The van der Waals surface area contributed by atoms with Crippen molar-refractivity contribution in [2.45, 2.75) is 13.3 Å². The smallest absolute Gasteiger partial charge is 0.119 e. The van der Waals surface area contributed by atoms with E-state index < -0.39 is 0 Å². The van der Waals surface area contributed by atoms with Gasteiger partial charge in [0, 0.05) is 0 Å². The molecule has 1 unspecified atom stereocenters. The van der Waals surface area contributed by atoms with Crippen LogP contribution in [0.4, 0.5) is 0 Å². The van der Waals surface area contributed by atoms with Crippen LogP contribution in [0.25, 0.3) is 0 Å². The van der Waals surface area contributed by atoms with Crippen LogP contribution in [0.1, 0.15) is 13.3 Å². The third-order valence-electron chi connectivity index (χ3n) is 2.49.